The highest BCUT2D eigenvalue weighted by atomic mass is 19.1. The number of fused-ring (bicyclic) bond motifs is 1. The van der Waals surface area contributed by atoms with E-state index in [0.29, 0.717) is 19.8 Å². The number of imide groups is 1. The molecule has 2 heterocycles. The summed E-state index contributed by atoms with van der Waals surface area (Å²) in [6.45, 7) is 3.23. The predicted octanol–water partition coefficient (Wildman–Crippen LogP) is 3.80. The van der Waals surface area contributed by atoms with E-state index < -0.39 is 0 Å². The smallest absolute Gasteiger partial charge is 0.234 e. The van der Waals surface area contributed by atoms with Crippen molar-refractivity contribution in [2.75, 3.05) is 32.8 Å². The van der Waals surface area contributed by atoms with Crippen LogP contribution in [0.15, 0.2) is 48.5 Å². The standard InChI is InChI=1S/C26H29F2N3O2/c27-20-9-5-18(6-10-20)24(19-7-11-21(28)12-8-19)30-15-13-29(14-16-30)17-31-25(32)22-3-1-2-4-23(22)26(31)33/h5-12,22-24H,1-4,13-17H2. The largest absolute Gasteiger partial charge is 0.290 e. The molecule has 7 heteroatoms. The molecule has 2 atom stereocenters. The molecule has 1 aliphatic carbocycles. The minimum Gasteiger partial charge on any atom is -0.290 e. The van der Waals surface area contributed by atoms with Crippen LogP contribution in [0, 0.1) is 23.5 Å². The summed E-state index contributed by atoms with van der Waals surface area (Å²) < 4.78 is 27.1. The van der Waals surface area contributed by atoms with Crippen LogP contribution in [-0.2, 0) is 9.59 Å². The highest BCUT2D eigenvalue weighted by Gasteiger charge is 2.48. The molecular formula is C26H29F2N3O2. The molecule has 0 spiro atoms. The predicted molar refractivity (Wildman–Crippen MR) is 120 cm³/mol. The van der Waals surface area contributed by atoms with Gasteiger partial charge in [-0.05, 0) is 48.2 Å². The van der Waals surface area contributed by atoms with Gasteiger partial charge in [-0.25, -0.2) is 8.78 Å². The molecule has 5 nitrogen and oxygen atoms in total. The Balaban J connectivity index is 1.28. The van der Waals surface area contributed by atoms with E-state index in [9.17, 15) is 18.4 Å². The lowest BCUT2D eigenvalue weighted by Gasteiger charge is -2.40. The Labute approximate surface area is 193 Å². The van der Waals surface area contributed by atoms with Crippen LogP contribution in [0.4, 0.5) is 8.78 Å². The third-order valence-corrected chi connectivity index (χ3v) is 7.42. The fourth-order valence-electron chi connectivity index (χ4n) is 5.64. The number of carbonyl (C=O) groups excluding carboxylic acids is 2. The molecule has 2 aliphatic heterocycles. The fraction of sp³-hybridized carbons (Fsp3) is 0.462. The normalized spacial score (nSPS) is 24.5. The van der Waals surface area contributed by atoms with Crippen molar-refractivity contribution in [2.45, 2.75) is 31.7 Å². The van der Waals surface area contributed by atoms with E-state index in [0.717, 1.165) is 49.9 Å². The second kappa shape index (κ2) is 9.31. The minimum absolute atomic E-state index is 0.00244. The van der Waals surface area contributed by atoms with Gasteiger partial charge in [-0.3, -0.25) is 24.3 Å². The van der Waals surface area contributed by atoms with Crippen LogP contribution >= 0.6 is 0 Å². The first-order chi connectivity index (χ1) is 16.0. The van der Waals surface area contributed by atoms with E-state index >= 15 is 0 Å². The summed E-state index contributed by atoms with van der Waals surface area (Å²) in [6, 6.07) is 12.8. The van der Waals surface area contributed by atoms with E-state index in [1.54, 1.807) is 24.3 Å². The van der Waals surface area contributed by atoms with Gasteiger partial charge in [-0.2, -0.15) is 0 Å². The van der Waals surface area contributed by atoms with E-state index in [2.05, 4.69) is 9.80 Å². The van der Waals surface area contributed by atoms with Gasteiger partial charge in [0, 0.05) is 26.2 Å². The maximum atomic E-state index is 13.5. The van der Waals surface area contributed by atoms with Gasteiger partial charge in [0.1, 0.15) is 11.6 Å². The Kier molecular flexibility index (Phi) is 6.25. The summed E-state index contributed by atoms with van der Waals surface area (Å²) in [4.78, 5) is 31.6. The zero-order valence-electron chi connectivity index (χ0n) is 18.6. The van der Waals surface area contributed by atoms with Gasteiger partial charge >= 0.3 is 0 Å². The fourth-order valence-corrected chi connectivity index (χ4v) is 5.64. The number of likely N-dealkylation sites (tertiary alicyclic amines) is 1. The molecular weight excluding hydrogens is 424 g/mol. The van der Waals surface area contributed by atoms with Crippen LogP contribution in [0.3, 0.4) is 0 Å². The van der Waals surface area contributed by atoms with Crippen molar-refractivity contribution in [2.24, 2.45) is 11.8 Å². The highest BCUT2D eigenvalue weighted by molar-refractivity contribution is 6.05. The molecule has 2 aromatic carbocycles. The molecule has 0 aromatic heterocycles. The Morgan fingerprint density at radius 2 is 1.18 bits per heavy atom. The molecule has 174 valence electrons. The lowest BCUT2D eigenvalue weighted by Crippen LogP contribution is -2.52. The topological polar surface area (TPSA) is 43.9 Å². The molecule has 2 aromatic rings. The molecule has 1 saturated carbocycles. The van der Waals surface area contributed by atoms with Gasteiger partial charge in [0.15, 0.2) is 0 Å². The highest BCUT2D eigenvalue weighted by Crippen LogP contribution is 2.38. The van der Waals surface area contributed by atoms with Crippen LogP contribution in [0.25, 0.3) is 0 Å². The van der Waals surface area contributed by atoms with E-state index in [-0.39, 0.29) is 41.3 Å². The maximum absolute atomic E-state index is 13.5. The number of amides is 2. The number of hydrogen-bond acceptors (Lipinski definition) is 4. The molecule has 2 amide bonds. The lowest BCUT2D eigenvalue weighted by molar-refractivity contribution is -0.142. The summed E-state index contributed by atoms with van der Waals surface area (Å²) in [5.41, 5.74) is 1.90. The van der Waals surface area contributed by atoms with Gasteiger partial charge in [0.05, 0.1) is 24.5 Å². The molecule has 2 saturated heterocycles. The molecule has 33 heavy (non-hydrogen) atoms. The van der Waals surface area contributed by atoms with Crippen molar-refractivity contribution in [1.82, 2.24) is 14.7 Å². The first kappa shape index (κ1) is 22.2. The van der Waals surface area contributed by atoms with Crippen LogP contribution < -0.4 is 0 Å². The first-order valence-electron chi connectivity index (χ1n) is 11.8. The number of halogens is 2. The van der Waals surface area contributed by atoms with Gasteiger partial charge in [-0.1, -0.05) is 37.1 Å². The van der Waals surface area contributed by atoms with Crippen LogP contribution in [0.1, 0.15) is 42.9 Å². The Morgan fingerprint density at radius 3 is 1.64 bits per heavy atom. The van der Waals surface area contributed by atoms with Crippen molar-refractivity contribution in [1.29, 1.82) is 0 Å². The van der Waals surface area contributed by atoms with Crippen molar-refractivity contribution >= 4 is 11.8 Å². The molecule has 3 fully saturated rings. The monoisotopic (exact) mass is 453 g/mol. The van der Waals surface area contributed by atoms with Crippen molar-refractivity contribution in [3.63, 3.8) is 0 Å². The van der Waals surface area contributed by atoms with Crippen LogP contribution in [0.5, 0.6) is 0 Å². The summed E-state index contributed by atoms with van der Waals surface area (Å²) in [6.07, 6.45) is 3.72. The zero-order valence-corrected chi connectivity index (χ0v) is 18.6. The maximum Gasteiger partial charge on any atom is 0.234 e. The SMILES string of the molecule is O=C1C2CCCCC2C(=O)N1CN1CCN(C(c2ccc(F)cc2)c2ccc(F)cc2)CC1. The average molecular weight is 454 g/mol. The first-order valence-corrected chi connectivity index (χ1v) is 11.8. The van der Waals surface area contributed by atoms with Crippen molar-refractivity contribution < 1.29 is 18.4 Å². The molecule has 0 N–H and O–H groups in total. The number of nitrogens with zero attached hydrogens (tertiary/aromatic N) is 3. The molecule has 0 bridgehead atoms. The minimum atomic E-state index is -0.290. The third kappa shape index (κ3) is 4.44. The number of hydrogen-bond donors (Lipinski definition) is 0. The summed E-state index contributed by atoms with van der Waals surface area (Å²) in [5.74, 6) is -0.808. The van der Waals surface area contributed by atoms with Gasteiger partial charge < -0.3 is 0 Å². The summed E-state index contributed by atoms with van der Waals surface area (Å²) in [5, 5.41) is 0. The van der Waals surface area contributed by atoms with Crippen LogP contribution in [0.2, 0.25) is 0 Å². The second-order valence-electron chi connectivity index (χ2n) is 9.40. The number of piperazine rings is 1. The Bertz CT molecular complexity index is 934. The summed E-state index contributed by atoms with van der Waals surface area (Å²) in [7, 11) is 0. The quantitative estimate of drug-likeness (QED) is 0.646. The van der Waals surface area contributed by atoms with E-state index in [1.807, 2.05) is 0 Å². The van der Waals surface area contributed by atoms with E-state index in [4.69, 9.17) is 0 Å². The molecule has 2 unspecified atom stereocenters. The van der Waals surface area contributed by atoms with Crippen molar-refractivity contribution in [3.05, 3.63) is 71.3 Å². The third-order valence-electron chi connectivity index (χ3n) is 7.42. The van der Waals surface area contributed by atoms with Gasteiger partial charge in [-0.15, -0.1) is 0 Å². The average Bonchev–Trinajstić information content (AvgIpc) is 3.08. The number of rotatable bonds is 5. The second-order valence-corrected chi connectivity index (χ2v) is 9.40. The molecule has 3 aliphatic rings. The molecule has 5 rings (SSSR count). The number of carbonyl (C=O) groups is 2. The van der Waals surface area contributed by atoms with E-state index in [1.165, 1.54) is 29.2 Å². The van der Waals surface area contributed by atoms with Gasteiger partial charge in [0.2, 0.25) is 11.8 Å². The van der Waals surface area contributed by atoms with Crippen LogP contribution in [-0.4, -0.2) is 59.4 Å². The van der Waals surface area contributed by atoms with Crippen molar-refractivity contribution in [3.8, 4) is 0 Å². The molecule has 0 radical (unpaired) electrons. The Morgan fingerprint density at radius 1 is 0.727 bits per heavy atom. The summed E-state index contributed by atoms with van der Waals surface area (Å²) >= 11 is 0. The number of benzene rings is 2. The Hall–Kier alpha value is -2.64. The lowest BCUT2D eigenvalue weighted by atomic mass is 9.81. The van der Waals surface area contributed by atoms with Gasteiger partial charge in [0.25, 0.3) is 0 Å². The zero-order chi connectivity index (χ0) is 22.9.